The SMILES string of the molecule is COCCNC(=O)CCn1c(C)cc(C(=O)O)c1C. The highest BCUT2D eigenvalue weighted by Crippen LogP contribution is 2.15. The molecule has 1 aromatic heterocycles. The Morgan fingerprint density at radius 2 is 2.11 bits per heavy atom. The van der Waals surface area contributed by atoms with E-state index in [4.69, 9.17) is 9.84 Å². The minimum atomic E-state index is -0.941. The molecular weight excluding hydrogens is 248 g/mol. The Morgan fingerprint density at radius 3 is 2.63 bits per heavy atom. The summed E-state index contributed by atoms with van der Waals surface area (Å²) in [6.45, 7) is 5.03. The van der Waals surface area contributed by atoms with Crippen LogP contribution in [0.4, 0.5) is 0 Å². The van der Waals surface area contributed by atoms with Gasteiger partial charge >= 0.3 is 5.97 Å². The number of nitrogens with zero attached hydrogens (tertiary/aromatic N) is 1. The number of ether oxygens (including phenoxy) is 1. The fourth-order valence-corrected chi connectivity index (χ4v) is 1.96. The third-order valence-electron chi connectivity index (χ3n) is 2.99. The third-order valence-corrected chi connectivity index (χ3v) is 2.99. The average molecular weight is 268 g/mol. The monoisotopic (exact) mass is 268 g/mol. The number of nitrogens with one attached hydrogen (secondary N) is 1. The first kappa shape index (κ1) is 15.2. The number of aryl methyl sites for hydroxylation is 1. The minimum absolute atomic E-state index is 0.0681. The van der Waals surface area contributed by atoms with Crippen LogP contribution in [0.1, 0.15) is 28.2 Å². The molecule has 0 bridgehead atoms. The van der Waals surface area contributed by atoms with E-state index >= 15 is 0 Å². The summed E-state index contributed by atoms with van der Waals surface area (Å²) in [7, 11) is 1.58. The molecule has 1 amide bonds. The van der Waals surface area contributed by atoms with E-state index < -0.39 is 5.97 Å². The number of carboxylic acid groups (broad SMARTS) is 1. The lowest BCUT2D eigenvalue weighted by Crippen LogP contribution is -2.27. The van der Waals surface area contributed by atoms with Crippen molar-refractivity contribution in [2.75, 3.05) is 20.3 Å². The molecule has 0 aromatic carbocycles. The molecule has 0 saturated heterocycles. The van der Waals surface area contributed by atoms with Crippen LogP contribution in [0.25, 0.3) is 0 Å². The van der Waals surface area contributed by atoms with Crippen molar-refractivity contribution in [3.8, 4) is 0 Å². The molecule has 2 N–H and O–H groups in total. The highest BCUT2D eigenvalue weighted by Gasteiger charge is 2.14. The number of rotatable bonds is 7. The molecule has 1 rings (SSSR count). The lowest BCUT2D eigenvalue weighted by atomic mass is 10.2. The van der Waals surface area contributed by atoms with Crippen molar-refractivity contribution in [2.45, 2.75) is 26.8 Å². The molecule has 0 atom stereocenters. The molecule has 0 saturated carbocycles. The van der Waals surface area contributed by atoms with Crippen LogP contribution >= 0.6 is 0 Å². The second-order valence-electron chi connectivity index (χ2n) is 4.33. The van der Waals surface area contributed by atoms with E-state index in [9.17, 15) is 9.59 Å². The number of hydrogen-bond donors (Lipinski definition) is 2. The van der Waals surface area contributed by atoms with Gasteiger partial charge in [-0.3, -0.25) is 4.79 Å². The summed E-state index contributed by atoms with van der Waals surface area (Å²) in [6, 6.07) is 1.63. The van der Waals surface area contributed by atoms with E-state index in [1.165, 1.54) is 0 Å². The minimum Gasteiger partial charge on any atom is -0.478 e. The van der Waals surface area contributed by atoms with E-state index in [2.05, 4.69) is 5.32 Å². The van der Waals surface area contributed by atoms with Gasteiger partial charge in [0.15, 0.2) is 0 Å². The van der Waals surface area contributed by atoms with Gasteiger partial charge in [0.1, 0.15) is 0 Å². The molecule has 0 aliphatic heterocycles. The van der Waals surface area contributed by atoms with Crippen molar-refractivity contribution in [3.05, 3.63) is 23.0 Å². The largest absolute Gasteiger partial charge is 0.478 e. The Kier molecular flexibility index (Phi) is 5.57. The zero-order valence-electron chi connectivity index (χ0n) is 11.5. The molecule has 19 heavy (non-hydrogen) atoms. The van der Waals surface area contributed by atoms with Gasteiger partial charge in [-0.2, -0.15) is 0 Å². The van der Waals surface area contributed by atoms with Crippen LogP contribution in [0.5, 0.6) is 0 Å². The Bertz CT molecular complexity index is 465. The lowest BCUT2D eigenvalue weighted by Gasteiger charge is -2.09. The smallest absolute Gasteiger partial charge is 0.337 e. The highest BCUT2D eigenvalue weighted by molar-refractivity contribution is 5.89. The molecule has 0 fully saturated rings. The first-order valence-electron chi connectivity index (χ1n) is 6.13. The van der Waals surface area contributed by atoms with Crippen LogP contribution in [0.15, 0.2) is 6.07 Å². The summed E-state index contributed by atoms with van der Waals surface area (Å²) in [5.74, 6) is -1.01. The van der Waals surface area contributed by atoms with Crippen LogP contribution in [0.3, 0.4) is 0 Å². The van der Waals surface area contributed by atoms with Crippen molar-refractivity contribution in [3.63, 3.8) is 0 Å². The summed E-state index contributed by atoms with van der Waals surface area (Å²) >= 11 is 0. The van der Waals surface area contributed by atoms with Gasteiger partial charge < -0.3 is 19.7 Å². The average Bonchev–Trinajstić information content (AvgIpc) is 2.63. The topological polar surface area (TPSA) is 80.6 Å². The van der Waals surface area contributed by atoms with Gasteiger partial charge in [-0.15, -0.1) is 0 Å². The van der Waals surface area contributed by atoms with Gasteiger partial charge in [0, 0.05) is 38.0 Å². The number of hydrogen-bond acceptors (Lipinski definition) is 3. The van der Waals surface area contributed by atoms with E-state index in [0.29, 0.717) is 31.8 Å². The van der Waals surface area contributed by atoms with Gasteiger partial charge in [-0.25, -0.2) is 4.79 Å². The summed E-state index contributed by atoms with van der Waals surface area (Å²) in [5.41, 5.74) is 1.81. The summed E-state index contributed by atoms with van der Waals surface area (Å²) in [5, 5.41) is 11.7. The number of aromatic nitrogens is 1. The molecule has 6 heteroatoms. The Balaban J connectivity index is 2.58. The van der Waals surface area contributed by atoms with Crippen molar-refractivity contribution in [1.29, 1.82) is 0 Å². The predicted molar refractivity (Wildman–Crippen MR) is 70.4 cm³/mol. The molecule has 0 spiro atoms. The molecule has 0 unspecified atom stereocenters. The van der Waals surface area contributed by atoms with Crippen LogP contribution in [-0.2, 0) is 16.1 Å². The Hall–Kier alpha value is -1.82. The third kappa shape index (κ3) is 4.10. The van der Waals surface area contributed by atoms with Crippen LogP contribution in [-0.4, -0.2) is 41.8 Å². The highest BCUT2D eigenvalue weighted by atomic mass is 16.5. The molecule has 6 nitrogen and oxygen atoms in total. The number of amides is 1. The molecule has 0 aliphatic rings. The lowest BCUT2D eigenvalue weighted by molar-refractivity contribution is -0.121. The van der Waals surface area contributed by atoms with E-state index in [0.717, 1.165) is 5.69 Å². The van der Waals surface area contributed by atoms with Crippen LogP contribution in [0.2, 0.25) is 0 Å². The zero-order valence-corrected chi connectivity index (χ0v) is 11.5. The first-order valence-corrected chi connectivity index (χ1v) is 6.13. The summed E-state index contributed by atoms with van der Waals surface area (Å²) < 4.78 is 6.68. The van der Waals surface area contributed by atoms with E-state index in [1.54, 1.807) is 20.1 Å². The number of methoxy groups -OCH3 is 1. The summed E-state index contributed by atoms with van der Waals surface area (Å²) in [4.78, 5) is 22.6. The van der Waals surface area contributed by atoms with Crippen molar-refractivity contribution in [1.82, 2.24) is 9.88 Å². The molecule has 1 aromatic rings. The van der Waals surface area contributed by atoms with Crippen molar-refractivity contribution in [2.24, 2.45) is 0 Å². The molecule has 106 valence electrons. The maximum Gasteiger partial charge on any atom is 0.337 e. The number of aromatic carboxylic acids is 1. The quantitative estimate of drug-likeness (QED) is 0.722. The van der Waals surface area contributed by atoms with E-state index in [1.807, 2.05) is 11.5 Å². The van der Waals surface area contributed by atoms with Crippen molar-refractivity contribution >= 4 is 11.9 Å². The van der Waals surface area contributed by atoms with Crippen LogP contribution < -0.4 is 5.32 Å². The molecular formula is C13H20N2O4. The standard InChI is InChI=1S/C13H20N2O4/c1-9-8-11(13(17)18)10(2)15(9)6-4-12(16)14-5-7-19-3/h8H,4-7H2,1-3H3,(H,14,16)(H,17,18). The molecule has 0 aliphatic carbocycles. The second-order valence-corrected chi connectivity index (χ2v) is 4.33. The molecule has 0 radical (unpaired) electrons. The zero-order chi connectivity index (χ0) is 14.4. The Labute approximate surface area is 112 Å². The van der Waals surface area contributed by atoms with Crippen molar-refractivity contribution < 1.29 is 19.4 Å². The van der Waals surface area contributed by atoms with Gasteiger partial charge in [0.2, 0.25) is 5.91 Å². The maximum absolute atomic E-state index is 11.6. The number of carbonyl (C=O) groups is 2. The fourth-order valence-electron chi connectivity index (χ4n) is 1.96. The van der Waals surface area contributed by atoms with E-state index in [-0.39, 0.29) is 11.5 Å². The predicted octanol–water partition coefficient (Wildman–Crippen LogP) is 0.956. The molecule has 1 heterocycles. The second kappa shape index (κ2) is 6.94. The van der Waals surface area contributed by atoms with Gasteiger partial charge in [0.05, 0.1) is 12.2 Å². The first-order chi connectivity index (χ1) is 8.97. The van der Waals surface area contributed by atoms with Crippen LogP contribution in [0, 0.1) is 13.8 Å². The summed E-state index contributed by atoms with van der Waals surface area (Å²) in [6.07, 6.45) is 0.319. The number of carbonyl (C=O) groups excluding carboxylic acids is 1. The number of carboxylic acids is 1. The van der Waals surface area contributed by atoms with Gasteiger partial charge in [-0.1, -0.05) is 0 Å². The van der Waals surface area contributed by atoms with Gasteiger partial charge in [-0.05, 0) is 19.9 Å². The maximum atomic E-state index is 11.6. The normalized spacial score (nSPS) is 10.5. The Morgan fingerprint density at radius 1 is 1.42 bits per heavy atom. The fraction of sp³-hybridized carbons (Fsp3) is 0.538. The van der Waals surface area contributed by atoms with Gasteiger partial charge in [0.25, 0.3) is 0 Å².